The highest BCUT2D eigenvalue weighted by Crippen LogP contribution is 2.05. The molecule has 32 heavy (non-hydrogen) atoms. The summed E-state index contributed by atoms with van der Waals surface area (Å²) in [6.45, 7) is 0.766. The lowest BCUT2D eigenvalue weighted by molar-refractivity contribution is -0.142. The number of carbonyl (C=O) groups is 3. The number of nitrogens with two attached hydrogens (primary N) is 4. The number of aliphatic imine (C=N–C) groups is 1. The summed E-state index contributed by atoms with van der Waals surface area (Å²) in [4.78, 5) is 47.2. The molecule has 0 bridgehead atoms. The Balaban J connectivity index is 0.00000961. The van der Waals surface area contributed by atoms with Gasteiger partial charge in [-0.25, -0.2) is 9.78 Å². The van der Waals surface area contributed by atoms with Crippen molar-refractivity contribution in [3.63, 3.8) is 0 Å². The molecule has 0 aliphatic rings. The fourth-order valence-electron chi connectivity index (χ4n) is 2.78. The minimum atomic E-state index is -1.20. The highest BCUT2D eigenvalue weighted by atomic mass is 16.4. The maximum Gasteiger partial charge on any atom is 0.326 e. The molecule has 0 aliphatic carbocycles. The highest BCUT2D eigenvalue weighted by Gasteiger charge is 2.28. The monoisotopic (exact) mass is 455 g/mol. The number of carbonyl (C=O) groups excluding carboxylic acids is 2. The van der Waals surface area contributed by atoms with Crippen molar-refractivity contribution >= 4 is 23.7 Å². The van der Waals surface area contributed by atoms with Gasteiger partial charge in [-0.1, -0.05) is 7.43 Å². The summed E-state index contributed by atoms with van der Waals surface area (Å²) in [6.07, 6.45) is 5.25. The van der Waals surface area contributed by atoms with Crippen molar-refractivity contribution in [2.24, 2.45) is 27.9 Å². The number of aromatic amines is 1. The third kappa shape index (κ3) is 11.3. The lowest BCUT2D eigenvalue weighted by Crippen LogP contribution is -2.54. The Morgan fingerprint density at radius 3 is 2.34 bits per heavy atom. The standard InChI is InChI=1S/C18H33N9O4.CH4/c19-6-2-1-5-13(26-15(28)12(20)4-3-7-24-18(21)22)16(29)27-14(17(30)31)8-11-9-23-10-25-11;/h9-10,12-14H,1-8,19-20H2,(H,23,25)(H,26,28)(H,27,29)(H,30,31)(H4,21,22,24);1H4/t12-,13-,14-;/m0./s1. The second-order valence-electron chi connectivity index (χ2n) is 7.08. The van der Waals surface area contributed by atoms with Crippen LogP contribution in [0.15, 0.2) is 17.5 Å². The van der Waals surface area contributed by atoms with Crippen LogP contribution in [0.3, 0.4) is 0 Å². The van der Waals surface area contributed by atoms with Gasteiger partial charge in [-0.05, 0) is 38.6 Å². The number of rotatable bonds is 15. The number of hydrogen-bond acceptors (Lipinski definition) is 7. The quantitative estimate of drug-likeness (QED) is 0.0839. The highest BCUT2D eigenvalue weighted by molar-refractivity contribution is 5.91. The van der Waals surface area contributed by atoms with E-state index in [1.807, 2.05) is 0 Å². The molecule has 0 saturated heterocycles. The molecule has 13 nitrogen and oxygen atoms in total. The van der Waals surface area contributed by atoms with E-state index < -0.39 is 35.9 Å². The van der Waals surface area contributed by atoms with Crippen LogP contribution in [0.4, 0.5) is 0 Å². The molecule has 1 rings (SSSR count). The van der Waals surface area contributed by atoms with E-state index in [9.17, 15) is 19.5 Å². The van der Waals surface area contributed by atoms with E-state index in [0.717, 1.165) is 0 Å². The second-order valence-corrected chi connectivity index (χ2v) is 7.08. The summed E-state index contributed by atoms with van der Waals surface area (Å²) in [5, 5.41) is 14.5. The number of hydrogen-bond donors (Lipinski definition) is 8. The zero-order valence-corrected chi connectivity index (χ0v) is 17.4. The van der Waals surface area contributed by atoms with Gasteiger partial charge in [0.1, 0.15) is 12.1 Å². The van der Waals surface area contributed by atoms with Crippen LogP contribution in [-0.2, 0) is 20.8 Å². The Bertz CT molecular complexity index is 720. The number of carboxylic acid groups (broad SMARTS) is 1. The third-order valence-corrected chi connectivity index (χ3v) is 4.48. The molecule has 12 N–H and O–H groups in total. The first-order valence-electron chi connectivity index (χ1n) is 10.1. The molecule has 0 saturated carbocycles. The fraction of sp³-hybridized carbons (Fsp3) is 0.632. The molecule has 0 aromatic carbocycles. The van der Waals surface area contributed by atoms with E-state index in [1.165, 1.54) is 12.5 Å². The predicted octanol–water partition coefficient (Wildman–Crippen LogP) is -1.85. The molecule has 0 fully saturated rings. The van der Waals surface area contributed by atoms with Crippen molar-refractivity contribution in [2.45, 2.75) is 64.1 Å². The Morgan fingerprint density at radius 2 is 1.78 bits per heavy atom. The van der Waals surface area contributed by atoms with Gasteiger partial charge in [0.25, 0.3) is 0 Å². The van der Waals surface area contributed by atoms with Gasteiger partial charge < -0.3 is 43.7 Å². The van der Waals surface area contributed by atoms with Crippen LogP contribution in [0.5, 0.6) is 0 Å². The average Bonchev–Trinajstić information content (AvgIpc) is 3.22. The second kappa shape index (κ2) is 15.6. The number of unbranched alkanes of at least 4 members (excludes halogenated alkanes) is 1. The van der Waals surface area contributed by atoms with Crippen LogP contribution >= 0.6 is 0 Å². The first-order valence-corrected chi connectivity index (χ1v) is 10.1. The number of aliphatic carboxylic acids is 1. The molecule has 0 spiro atoms. The zero-order chi connectivity index (χ0) is 23.2. The van der Waals surface area contributed by atoms with E-state index in [2.05, 4.69) is 25.6 Å². The van der Waals surface area contributed by atoms with Crippen LogP contribution in [0, 0.1) is 0 Å². The third-order valence-electron chi connectivity index (χ3n) is 4.48. The molecule has 1 aromatic rings. The summed E-state index contributed by atoms with van der Waals surface area (Å²) >= 11 is 0. The van der Waals surface area contributed by atoms with Crippen LogP contribution in [0.25, 0.3) is 0 Å². The molecule has 2 amide bonds. The maximum absolute atomic E-state index is 12.7. The number of imidazole rings is 1. The lowest BCUT2D eigenvalue weighted by Gasteiger charge is -2.23. The van der Waals surface area contributed by atoms with Gasteiger partial charge in [0, 0.05) is 24.9 Å². The summed E-state index contributed by atoms with van der Waals surface area (Å²) in [5.41, 5.74) is 22.4. The molecular formula is C19H37N9O4. The number of H-pyrrole nitrogens is 1. The zero-order valence-electron chi connectivity index (χ0n) is 17.4. The first-order chi connectivity index (χ1) is 14.7. The molecule has 0 radical (unpaired) electrons. The van der Waals surface area contributed by atoms with E-state index in [-0.39, 0.29) is 19.8 Å². The van der Waals surface area contributed by atoms with Crippen molar-refractivity contribution < 1.29 is 19.5 Å². The van der Waals surface area contributed by atoms with Crippen molar-refractivity contribution in [2.75, 3.05) is 13.1 Å². The summed E-state index contributed by atoms with van der Waals surface area (Å²) in [5.74, 6) is -2.37. The van der Waals surface area contributed by atoms with Crippen molar-refractivity contribution in [3.8, 4) is 0 Å². The van der Waals surface area contributed by atoms with Crippen molar-refractivity contribution in [3.05, 3.63) is 18.2 Å². The van der Waals surface area contributed by atoms with E-state index in [1.54, 1.807) is 0 Å². The molecule has 1 heterocycles. The number of aromatic nitrogens is 2. The van der Waals surface area contributed by atoms with Gasteiger partial charge in [0.05, 0.1) is 12.4 Å². The minimum Gasteiger partial charge on any atom is -0.480 e. The summed E-state index contributed by atoms with van der Waals surface area (Å²) in [7, 11) is 0. The smallest absolute Gasteiger partial charge is 0.326 e. The molecule has 3 atom stereocenters. The van der Waals surface area contributed by atoms with Gasteiger partial charge in [-0.2, -0.15) is 0 Å². The topological polar surface area (TPSA) is 241 Å². The Labute approximate surface area is 187 Å². The average molecular weight is 456 g/mol. The Hall–Kier alpha value is -3.19. The molecular weight excluding hydrogens is 418 g/mol. The van der Waals surface area contributed by atoms with Gasteiger partial charge in [0.15, 0.2) is 5.96 Å². The van der Waals surface area contributed by atoms with E-state index in [0.29, 0.717) is 50.9 Å². The largest absolute Gasteiger partial charge is 0.480 e. The number of carboxylic acids is 1. The Kier molecular flexibility index (Phi) is 14.0. The summed E-state index contributed by atoms with van der Waals surface area (Å²) < 4.78 is 0. The number of nitrogens with one attached hydrogen (secondary N) is 3. The summed E-state index contributed by atoms with van der Waals surface area (Å²) in [6, 6.07) is -2.99. The van der Waals surface area contributed by atoms with E-state index in [4.69, 9.17) is 22.9 Å². The molecule has 182 valence electrons. The fourth-order valence-corrected chi connectivity index (χ4v) is 2.78. The van der Waals surface area contributed by atoms with E-state index >= 15 is 0 Å². The number of guanidine groups is 1. The van der Waals surface area contributed by atoms with Gasteiger partial charge in [0.2, 0.25) is 11.8 Å². The SMILES string of the molecule is C.NCCCC[C@H](NC(=O)[C@@H](N)CCCN=C(N)N)C(=O)N[C@@H](Cc1cnc[nH]1)C(=O)O. The van der Waals surface area contributed by atoms with Gasteiger partial charge in [-0.3, -0.25) is 14.6 Å². The van der Waals surface area contributed by atoms with Crippen LogP contribution in [0.2, 0.25) is 0 Å². The minimum absolute atomic E-state index is 0. The van der Waals surface area contributed by atoms with Crippen LogP contribution in [-0.4, -0.2) is 70.0 Å². The first kappa shape index (κ1) is 28.8. The van der Waals surface area contributed by atoms with Gasteiger partial charge >= 0.3 is 5.97 Å². The molecule has 13 heteroatoms. The maximum atomic E-state index is 12.7. The molecule has 0 aliphatic heterocycles. The van der Waals surface area contributed by atoms with Gasteiger partial charge in [-0.15, -0.1) is 0 Å². The number of nitrogens with zero attached hydrogens (tertiary/aromatic N) is 2. The van der Waals surface area contributed by atoms with Crippen molar-refractivity contribution in [1.82, 2.24) is 20.6 Å². The van der Waals surface area contributed by atoms with Crippen molar-refractivity contribution in [1.29, 1.82) is 0 Å². The number of amides is 2. The predicted molar refractivity (Wildman–Crippen MR) is 121 cm³/mol. The van der Waals surface area contributed by atoms with Crippen LogP contribution < -0.4 is 33.6 Å². The lowest BCUT2D eigenvalue weighted by atomic mass is 10.1. The Morgan fingerprint density at radius 1 is 1.09 bits per heavy atom. The molecule has 0 unspecified atom stereocenters. The normalized spacial score (nSPS) is 13.2. The molecule has 1 aromatic heterocycles. The van der Waals surface area contributed by atoms with Crippen LogP contribution in [0.1, 0.15) is 45.2 Å².